The van der Waals surface area contributed by atoms with Crippen LogP contribution >= 0.6 is 23.8 Å². The molecule has 0 heterocycles. The van der Waals surface area contributed by atoms with Crippen molar-refractivity contribution < 1.29 is 0 Å². The number of nitrogens with zero attached hydrogens (tertiary/aromatic N) is 1. The minimum atomic E-state index is 0.408. The van der Waals surface area contributed by atoms with Crippen LogP contribution in [-0.2, 0) is 0 Å². The van der Waals surface area contributed by atoms with Crippen LogP contribution in [0.3, 0.4) is 0 Å². The molecule has 4 heteroatoms. The van der Waals surface area contributed by atoms with Crippen molar-refractivity contribution in [3.05, 3.63) is 28.8 Å². The van der Waals surface area contributed by atoms with E-state index in [1.165, 1.54) is 25.7 Å². The van der Waals surface area contributed by atoms with Crippen LogP contribution in [0.4, 0.5) is 5.69 Å². The first-order chi connectivity index (χ1) is 8.58. The molecule has 1 aromatic rings. The summed E-state index contributed by atoms with van der Waals surface area (Å²) in [6.45, 7) is 1.07. The summed E-state index contributed by atoms with van der Waals surface area (Å²) in [5.74, 6) is 0.796. The third-order valence-corrected chi connectivity index (χ3v) is 4.10. The van der Waals surface area contributed by atoms with E-state index >= 15 is 0 Å². The molecule has 98 valence electrons. The van der Waals surface area contributed by atoms with Gasteiger partial charge in [-0.05, 0) is 37.0 Å². The summed E-state index contributed by atoms with van der Waals surface area (Å²) in [5.41, 5.74) is 7.73. The van der Waals surface area contributed by atoms with Crippen LogP contribution in [0.1, 0.15) is 31.2 Å². The normalized spacial score (nSPS) is 15.9. The number of thiocarbonyl (C=S) groups is 1. The lowest BCUT2D eigenvalue weighted by Gasteiger charge is -2.25. The van der Waals surface area contributed by atoms with Gasteiger partial charge in [-0.15, -0.1) is 0 Å². The first-order valence-corrected chi connectivity index (χ1v) is 7.17. The van der Waals surface area contributed by atoms with Gasteiger partial charge in [-0.2, -0.15) is 0 Å². The third-order valence-electron chi connectivity index (χ3n) is 3.64. The van der Waals surface area contributed by atoms with E-state index in [0.29, 0.717) is 10.0 Å². The first-order valence-electron chi connectivity index (χ1n) is 6.38. The summed E-state index contributed by atoms with van der Waals surface area (Å²) < 4.78 is 0. The molecule has 0 spiro atoms. The van der Waals surface area contributed by atoms with Gasteiger partial charge in [0.25, 0.3) is 0 Å². The molecule has 2 nitrogen and oxygen atoms in total. The molecule has 1 fully saturated rings. The molecule has 0 aromatic heterocycles. The molecule has 0 aliphatic heterocycles. The largest absolute Gasteiger partial charge is 0.389 e. The Balaban J connectivity index is 2.17. The van der Waals surface area contributed by atoms with Gasteiger partial charge in [0.05, 0.1) is 0 Å². The van der Waals surface area contributed by atoms with Crippen molar-refractivity contribution in [1.82, 2.24) is 0 Å². The SMILES string of the molecule is CN(CC1CCCC1)c1ccc(Cl)cc1C(N)=S. The highest BCUT2D eigenvalue weighted by atomic mass is 35.5. The fourth-order valence-corrected chi connectivity index (χ4v) is 3.05. The van der Waals surface area contributed by atoms with Crippen LogP contribution in [-0.4, -0.2) is 18.6 Å². The van der Waals surface area contributed by atoms with E-state index in [0.717, 1.165) is 23.7 Å². The number of rotatable bonds is 4. The molecular formula is C14H19ClN2S. The molecule has 0 radical (unpaired) electrons. The van der Waals surface area contributed by atoms with Crippen molar-refractivity contribution in [2.45, 2.75) is 25.7 Å². The van der Waals surface area contributed by atoms with Crippen molar-refractivity contribution in [3.63, 3.8) is 0 Å². The zero-order chi connectivity index (χ0) is 13.1. The Morgan fingerprint density at radius 2 is 2.11 bits per heavy atom. The molecule has 0 amide bonds. The quantitative estimate of drug-likeness (QED) is 0.856. The van der Waals surface area contributed by atoms with Gasteiger partial charge in [0.2, 0.25) is 0 Å². The summed E-state index contributed by atoms with van der Waals surface area (Å²) in [5, 5.41) is 0.677. The lowest BCUT2D eigenvalue weighted by molar-refractivity contribution is 0.547. The van der Waals surface area contributed by atoms with Crippen molar-refractivity contribution in [2.24, 2.45) is 11.7 Å². The second-order valence-corrected chi connectivity index (χ2v) is 5.93. The lowest BCUT2D eigenvalue weighted by atomic mass is 10.1. The van der Waals surface area contributed by atoms with E-state index in [9.17, 15) is 0 Å². The molecule has 0 unspecified atom stereocenters. The zero-order valence-electron chi connectivity index (χ0n) is 10.7. The fourth-order valence-electron chi connectivity index (χ4n) is 2.72. The third kappa shape index (κ3) is 3.15. The predicted octanol–water partition coefficient (Wildman–Crippen LogP) is 3.60. The average Bonchev–Trinajstić information content (AvgIpc) is 2.81. The Kier molecular flexibility index (Phi) is 4.46. The number of nitrogens with two attached hydrogens (primary N) is 1. The maximum Gasteiger partial charge on any atom is 0.106 e. The minimum absolute atomic E-state index is 0.408. The van der Waals surface area contributed by atoms with Crippen molar-refractivity contribution in [2.75, 3.05) is 18.5 Å². The smallest absolute Gasteiger partial charge is 0.106 e. The molecule has 1 saturated carbocycles. The van der Waals surface area contributed by atoms with Gasteiger partial charge in [-0.1, -0.05) is 36.7 Å². The standard InChI is InChI=1S/C14H19ClN2S/c1-17(9-10-4-2-3-5-10)13-7-6-11(15)8-12(13)14(16)18/h6-8,10H,2-5,9H2,1H3,(H2,16,18). The molecule has 2 N–H and O–H groups in total. The van der Waals surface area contributed by atoms with Gasteiger partial charge < -0.3 is 10.6 Å². The van der Waals surface area contributed by atoms with E-state index < -0.39 is 0 Å². The fraction of sp³-hybridized carbons (Fsp3) is 0.500. The summed E-state index contributed by atoms with van der Waals surface area (Å²) in [6.07, 6.45) is 5.39. The van der Waals surface area contributed by atoms with Gasteiger partial charge >= 0.3 is 0 Å². The number of halogens is 1. The van der Waals surface area contributed by atoms with Crippen molar-refractivity contribution in [3.8, 4) is 0 Å². The molecule has 0 saturated heterocycles. The number of hydrogen-bond donors (Lipinski definition) is 1. The summed E-state index contributed by atoms with van der Waals surface area (Å²) in [7, 11) is 2.10. The maximum absolute atomic E-state index is 6.00. The van der Waals surface area contributed by atoms with Gasteiger partial charge in [-0.3, -0.25) is 0 Å². The Morgan fingerprint density at radius 3 is 2.72 bits per heavy atom. The molecule has 0 bridgehead atoms. The van der Waals surface area contributed by atoms with Gasteiger partial charge in [-0.25, -0.2) is 0 Å². The second kappa shape index (κ2) is 5.89. The Bertz CT molecular complexity index is 441. The van der Waals surface area contributed by atoms with Gasteiger partial charge in [0.15, 0.2) is 0 Å². The van der Waals surface area contributed by atoms with E-state index in [1.54, 1.807) is 0 Å². The molecule has 2 rings (SSSR count). The number of benzene rings is 1. The highest BCUT2D eigenvalue weighted by Gasteiger charge is 2.18. The maximum atomic E-state index is 6.00. The Hall–Kier alpha value is -0.800. The number of anilines is 1. The van der Waals surface area contributed by atoms with Crippen LogP contribution < -0.4 is 10.6 Å². The van der Waals surface area contributed by atoms with Gasteiger partial charge in [0.1, 0.15) is 4.99 Å². The topological polar surface area (TPSA) is 29.3 Å². The zero-order valence-corrected chi connectivity index (χ0v) is 12.2. The molecule has 0 atom stereocenters. The van der Waals surface area contributed by atoms with Gasteiger partial charge in [0, 0.05) is 29.9 Å². The van der Waals surface area contributed by atoms with E-state index in [2.05, 4.69) is 11.9 Å². The predicted molar refractivity (Wildman–Crippen MR) is 82.6 cm³/mol. The van der Waals surface area contributed by atoms with Crippen LogP contribution in [0.2, 0.25) is 5.02 Å². The van der Waals surface area contributed by atoms with Crippen molar-refractivity contribution in [1.29, 1.82) is 0 Å². The monoisotopic (exact) mass is 282 g/mol. The van der Waals surface area contributed by atoms with E-state index in [1.807, 2.05) is 18.2 Å². The average molecular weight is 283 g/mol. The van der Waals surface area contributed by atoms with Crippen LogP contribution in [0.15, 0.2) is 18.2 Å². The molecule has 1 aromatic carbocycles. The van der Waals surface area contributed by atoms with Crippen LogP contribution in [0.25, 0.3) is 0 Å². The summed E-state index contributed by atoms with van der Waals surface area (Å²) in [6, 6.07) is 5.75. The van der Waals surface area contributed by atoms with Crippen molar-refractivity contribution >= 4 is 34.5 Å². The van der Waals surface area contributed by atoms with E-state index in [4.69, 9.17) is 29.6 Å². The number of hydrogen-bond acceptors (Lipinski definition) is 2. The summed E-state index contributed by atoms with van der Waals surface area (Å²) in [4.78, 5) is 2.66. The molecule has 1 aliphatic rings. The molecule has 1 aliphatic carbocycles. The Labute approximate surface area is 119 Å². The van der Waals surface area contributed by atoms with Crippen LogP contribution in [0.5, 0.6) is 0 Å². The highest BCUT2D eigenvalue weighted by Crippen LogP contribution is 2.29. The highest BCUT2D eigenvalue weighted by molar-refractivity contribution is 7.80. The second-order valence-electron chi connectivity index (χ2n) is 5.06. The summed E-state index contributed by atoms with van der Waals surface area (Å²) >= 11 is 11.1. The lowest BCUT2D eigenvalue weighted by Crippen LogP contribution is -2.26. The minimum Gasteiger partial charge on any atom is -0.389 e. The van der Waals surface area contributed by atoms with E-state index in [-0.39, 0.29) is 0 Å². The molecular weight excluding hydrogens is 264 g/mol. The first kappa shape index (κ1) is 13.6. The van der Waals surface area contributed by atoms with Crippen LogP contribution in [0, 0.1) is 5.92 Å². The Morgan fingerprint density at radius 1 is 1.44 bits per heavy atom. The molecule has 18 heavy (non-hydrogen) atoms.